The van der Waals surface area contributed by atoms with Gasteiger partial charge < -0.3 is 10.2 Å². The molecule has 0 aliphatic carbocycles. The van der Waals surface area contributed by atoms with Crippen LogP contribution in [0.5, 0.6) is 0 Å². The number of fused-ring (bicyclic) bond motifs is 2. The minimum absolute atomic E-state index is 0.606. The van der Waals surface area contributed by atoms with E-state index in [1.807, 2.05) is 0 Å². The van der Waals surface area contributed by atoms with Crippen molar-refractivity contribution in [3.8, 4) is 0 Å². The van der Waals surface area contributed by atoms with Gasteiger partial charge in [0, 0.05) is 23.8 Å². The van der Waals surface area contributed by atoms with E-state index in [0.717, 1.165) is 12.1 Å². The summed E-state index contributed by atoms with van der Waals surface area (Å²) >= 11 is 0. The Morgan fingerprint density at radius 1 is 1.10 bits per heavy atom. The molecule has 3 rings (SSSR count). The van der Waals surface area contributed by atoms with Crippen molar-refractivity contribution in [1.82, 2.24) is 5.32 Å². The first-order valence-electron chi connectivity index (χ1n) is 8.25. The van der Waals surface area contributed by atoms with E-state index in [2.05, 4.69) is 55.4 Å². The number of hydrogen-bond acceptors (Lipinski definition) is 2. The van der Waals surface area contributed by atoms with E-state index in [9.17, 15) is 0 Å². The van der Waals surface area contributed by atoms with Gasteiger partial charge in [-0.1, -0.05) is 32.0 Å². The van der Waals surface area contributed by atoms with Gasteiger partial charge in [-0.15, -0.1) is 0 Å². The van der Waals surface area contributed by atoms with Crippen molar-refractivity contribution in [3.05, 3.63) is 29.8 Å². The molecule has 2 bridgehead atoms. The van der Waals surface area contributed by atoms with Crippen LogP contribution in [0.25, 0.3) is 0 Å². The lowest BCUT2D eigenvalue weighted by atomic mass is 9.80. The molecule has 0 saturated carbocycles. The predicted octanol–water partition coefficient (Wildman–Crippen LogP) is 3.92. The SMILES string of the molecule is CNC1CC2CCCC(C1)N2c1ccccc1C(C)C. The lowest BCUT2D eigenvalue weighted by Crippen LogP contribution is -2.56. The predicted molar refractivity (Wildman–Crippen MR) is 86.5 cm³/mol. The van der Waals surface area contributed by atoms with Crippen LogP contribution < -0.4 is 10.2 Å². The van der Waals surface area contributed by atoms with Crippen molar-refractivity contribution in [3.63, 3.8) is 0 Å². The van der Waals surface area contributed by atoms with Crippen molar-refractivity contribution < 1.29 is 0 Å². The average molecular weight is 272 g/mol. The molecule has 2 heteroatoms. The zero-order chi connectivity index (χ0) is 14.1. The highest BCUT2D eigenvalue weighted by atomic mass is 15.2. The quantitative estimate of drug-likeness (QED) is 0.897. The van der Waals surface area contributed by atoms with E-state index in [-0.39, 0.29) is 0 Å². The number of rotatable bonds is 3. The fraction of sp³-hybridized carbons (Fsp3) is 0.667. The second-order valence-corrected chi connectivity index (χ2v) is 6.82. The highest BCUT2D eigenvalue weighted by Crippen LogP contribution is 2.40. The zero-order valence-electron chi connectivity index (χ0n) is 13.1. The Labute approximate surface area is 123 Å². The Hall–Kier alpha value is -1.02. The molecule has 0 aromatic heterocycles. The molecule has 0 amide bonds. The summed E-state index contributed by atoms with van der Waals surface area (Å²) in [5.41, 5.74) is 3.03. The maximum Gasteiger partial charge on any atom is 0.0406 e. The van der Waals surface area contributed by atoms with Crippen LogP contribution in [0.2, 0.25) is 0 Å². The largest absolute Gasteiger partial charge is 0.365 e. The first-order valence-corrected chi connectivity index (χ1v) is 8.25. The first kappa shape index (κ1) is 13.9. The Kier molecular flexibility index (Phi) is 4.02. The Bertz CT molecular complexity index is 440. The summed E-state index contributed by atoms with van der Waals surface area (Å²) in [5, 5.41) is 3.52. The molecule has 20 heavy (non-hydrogen) atoms. The Morgan fingerprint density at radius 3 is 2.35 bits per heavy atom. The van der Waals surface area contributed by atoms with Gasteiger partial charge in [-0.2, -0.15) is 0 Å². The van der Waals surface area contributed by atoms with Gasteiger partial charge in [0.05, 0.1) is 0 Å². The smallest absolute Gasteiger partial charge is 0.0406 e. The molecule has 2 unspecified atom stereocenters. The van der Waals surface area contributed by atoms with E-state index < -0.39 is 0 Å². The van der Waals surface area contributed by atoms with E-state index in [4.69, 9.17) is 0 Å². The van der Waals surface area contributed by atoms with Crippen molar-refractivity contribution in [2.75, 3.05) is 11.9 Å². The van der Waals surface area contributed by atoms with Crippen molar-refractivity contribution >= 4 is 5.69 Å². The Balaban J connectivity index is 1.94. The van der Waals surface area contributed by atoms with Crippen LogP contribution in [0, 0.1) is 0 Å². The molecular weight excluding hydrogens is 244 g/mol. The van der Waals surface area contributed by atoms with Crippen LogP contribution in [0.15, 0.2) is 24.3 Å². The van der Waals surface area contributed by atoms with E-state index in [1.165, 1.54) is 43.4 Å². The molecule has 1 aromatic carbocycles. The average Bonchev–Trinajstić information content (AvgIpc) is 2.45. The van der Waals surface area contributed by atoms with Gasteiger partial charge in [0.15, 0.2) is 0 Å². The van der Waals surface area contributed by atoms with Crippen LogP contribution in [0.4, 0.5) is 5.69 Å². The monoisotopic (exact) mass is 272 g/mol. The van der Waals surface area contributed by atoms with E-state index in [1.54, 1.807) is 0 Å². The highest BCUT2D eigenvalue weighted by Gasteiger charge is 2.38. The molecule has 110 valence electrons. The van der Waals surface area contributed by atoms with Crippen molar-refractivity contribution in [2.24, 2.45) is 0 Å². The number of nitrogens with one attached hydrogen (secondary N) is 1. The third-order valence-corrected chi connectivity index (χ3v) is 5.22. The lowest BCUT2D eigenvalue weighted by molar-refractivity contribution is 0.252. The molecule has 2 heterocycles. The highest BCUT2D eigenvalue weighted by molar-refractivity contribution is 5.57. The number of hydrogen-bond donors (Lipinski definition) is 1. The summed E-state index contributed by atoms with van der Waals surface area (Å²) < 4.78 is 0. The molecule has 2 aliphatic rings. The molecule has 2 saturated heterocycles. The minimum atomic E-state index is 0.606. The molecular formula is C18H28N2. The maximum atomic E-state index is 3.52. The molecule has 2 fully saturated rings. The number of nitrogens with zero attached hydrogens (tertiary/aromatic N) is 1. The van der Waals surface area contributed by atoms with Gasteiger partial charge in [0.2, 0.25) is 0 Å². The van der Waals surface area contributed by atoms with E-state index >= 15 is 0 Å². The second kappa shape index (κ2) is 5.77. The van der Waals surface area contributed by atoms with Gasteiger partial charge in [0.1, 0.15) is 0 Å². The van der Waals surface area contributed by atoms with Crippen LogP contribution >= 0.6 is 0 Å². The number of benzene rings is 1. The first-order chi connectivity index (χ1) is 9.70. The molecule has 0 spiro atoms. The zero-order valence-corrected chi connectivity index (χ0v) is 13.1. The standard InChI is InChI=1S/C18H28N2/c1-13(2)17-9-4-5-10-18(17)20-15-7-6-8-16(20)12-14(11-15)19-3/h4-5,9-10,13-16,19H,6-8,11-12H2,1-3H3. The summed E-state index contributed by atoms with van der Waals surface area (Å²) in [6.07, 6.45) is 6.74. The molecule has 2 atom stereocenters. The lowest BCUT2D eigenvalue weighted by Gasteiger charge is -2.51. The van der Waals surface area contributed by atoms with Crippen LogP contribution in [0.3, 0.4) is 0 Å². The summed E-state index contributed by atoms with van der Waals surface area (Å²) in [4.78, 5) is 2.77. The third kappa shape index (κ3) is 2.46. The van der Waals surface area contributed by atoms with Gasteiger partial charge in [-0.05, 0) is 56.7 Å². The van der Waals surface area contributed by atoms with E-state index in [0.29, 0.717) is 12.0 Å². The normalized spacial score (nSPS) is 29.8. The molecule has 1 aromatic rings. The van der Waals surface area contributed by atoms with Crippen LogP contribution in [0.1, 0.15) is 57.4 Å². The second-order valence-electron chi connectivity index (χ2n) is 6.82. The van der Waals surface area contributed by atoms with Gasteiger partial charge >= 0.3 is 0 Å². The van der Waals surface area contributed by atoms with Crippen molar-refractivity contribution in [2.45, 2.75) is 70.0 Å². The van der Waals surface area contributed by atoms with Crippen molar-refractivity contribution in [1.29, 1.82) is 0 Å². The fourth-order valence-corrected chi connectivity index (χ4v) is 4.22. The van der Waals surface area contributed by atoms with Gasteiger partial charge in [-0.3, -0.25) is 0 Å². The number of anilines is 1. The van der Waals surface area contributed by atoms with Gasteiger partial charge in [-0.25, -0.2) is 0 Å². The molecule has 2 aliphatic heterocycles. The topological polar surface area (TPSA) is 15.3 Å². The molecule has 0 radical (unpaired) electrons. The number of para-hydroxylation sites is 1. The van der Waals surface area contributed by atoms with Gasteiger partial charge in [0.25, 0.3) is 0 Å². The molecule has 1 N–H and O–H groups in total. The summed E-state index contributed by atoms with van der Waals surface area (Å²) in [7, 11) is 2.12. The summed E-state index contributed by atoms with van der Waals surface area (Å²) in [5.74, 6) is 0.606. The number of piperidine rings is 2. The molecule has 2 nitrogen and oxygen atoms in total. The summed E-state index contributed by atoms with van der Waals surface area (Å²) in [6.45, 7) is 4.63. The maximum absolute atomic E-state index is 3.52. The Morgan fingerprint density at radius 2 is 1.75 bits per heavy atom. The minimum Gasteiger partial charge on any atom is -0.365 e. The van der Waals surface area contributed by atoms with Crippen LogP contribution in [-0.4, -0.2) is 25.2 Å². The summed E-state index contributed by atoms with van der Waals surface area (Å²) in [6, 6.07) is 11.3. The van der Waals surface area contributed by atoms with Crippen LogP contribution in [-0.2, 0) is 0 Å². The third-order valence-electron chi connectivity index (χ3n) is 5.22. The fourth-order valence-electron chi connectivity index (χ4n) is 4.22.